The van der Waals surface area contributed by atoms with Crippen molar-refractivity contribution in [1.82, 2.24) is 4.90 Å². The minimum Gasteiger partial charge on any atom is -0.384 e. The molecule has 2 aliphatic rings. The minimum absolute atomic E-state index is 0.425. The molecule has 2 atom stereocenters. The van der Waals surface area contributed by atoms with E-state index in [0.29, 0.717) is 6.04 Å². The second-order valence-electron chi connectivity index (χ2n) is 5.64. The lowest BCUT2D eigenvalue weighted by molar-refractivity contribution is -0.942. The Kier molecular flexibility index (Phi) is 3.32. The van der Waals surface area contributed by atoms with Crippen LogP contribution in [0.4, 0.5) is 0 Å². The summed E-state index contributed by atoms with van der Waals surface area (Å²) >= 11 is 2.48. The van der Waals surface area contributed by atoms with Crippen molar-refractivity contribution in [1.29, 1.82) is 0 Å². The molecule has 0 aliphatic carbocycles. The highest BCUT2D eigenvalue weighted by atomic mass is 127. The van der Waals surface area contributed by atoms with Crippen molar-refractivity contribution in [3.8, 4) is 0 Å². The van der Waals surface area contributed by atoms with E-state index in [1.807, 2.05) is 6.92 Å². The molecule has 4 heteroatoms. The summed E-state index contributed by atoms with van der Waals surface area (Å²) in [4.78, 5) is 2.40. The highest BCUT2D eigenvalue weighted by Gasteiger charge is 2.52. The van der Waals surface area contributed by atoms with Gasteiger partial charge in [-0.3, -0.25) is 4.90 Å². The zero-order valence-electron chi connectivity index (χ0n) is 9.75. The maximum absolute atomic E-state index is 10.2. The van der Waals surface area contributed by atoms with Crippen LogP contribution >= 0.6 is 22.6 Å². The molecule has 0 unspecified atom stereocenters. The number of hydrogen-bond acceptors (Lipinski definition) is 2. The van der Waals surface area contributed by atoms with Crippen molar-refractivity contribution >= 4 is 22.6 Å². The normalized spacial score (nSPS) is 41.2. The summed E-state index contributed by atoms with van der Waals surface area (Å²) in [6, 6.07) is 0.675. The monoisotopic (exact) mass is 325 g/mol. The molecule has 2 heterocycles. The molecule has 88 valence electrons. The maximum Gasteiger partial charge on any atom is 0.116 e. The second kappa shape index (κ2) is 4.13. The third-order valence-corrected chi connectivity index (χ3v) is 5.15. The highest BCUT2D eigenvalue weighted by Crippen LogP contribution is 2.36. The molecule has 1 spiro atoms. The predicted octanol–water partition coefficient (Wildman–Crippen LogP) is 0.707. The van der Waals surface area contributed by atoms with Gasteiger partial charge in [-0.15, -0.1) is 0 Å². The molecule has 0 aromatic carbocycles. The van der Waals surface area contributed by atoms with Crippen molar-refractivity contribution in [2.75, 3.05) is 44.2 Å². The number of alkyl halides is 1. The summed E-state index contributed by atoms with van der Waals surface area (Å²) < 4.78 is 2.35. The molecule has 0 saturated carbocycles. The summed E-state index contributed by atoms with van der Waals surface area (Å²) in [5.41, 5.74) is -0.425. The summed E-state index contributed by atoms with van der Waals surface area (Å²) in [6.45, 7) is 7.79. The first-order valence-electron chi connectivity index (χ1n) is 5.80. The zero-order valence-corrected chi connectivity index (χ0v) is 11.9. The van der Waals surface area contributed by atoms with Crippen molar-refractivity contribution in [2.24, 2.45) is 0 Å². The fourth-order valence-corrected chi connectivity index (χ4v) is 4.41. The molecule has 0 bridgehead atoms. The standard InChI is InChI=1S/C11H22IN2O/c1-11(15)7-10(8-12)14(9-11)5-3-13(2)4-6-14/h10,15H,3-9H2,1-2H3/q+1/t10-,11+/m0/s1. The van der Waals surface area contributed by atoms with Gasteiger partial charge >= 0.3 is 0 Å². The largest absolute Gasteiger partial charge is 0.384 e. The lowest BCUT2D eigenvalue weighted by Crippen LogP contribution is -2.62. The SMILES string of the molecule is CN1CC[N+]2(CC1)C[C@](C)(O)C[C@H]2CI. The molecule has 2 rings (SSSR count). The van der Waals surface area contributed by atoms with E-state index < -0.39 is 5.60 Å². The van der Waals surface area contributed by atoms with E-state index in [1.54, 1.807) is 0 Å². The van der Waals surface area contributed by atoms with Gasteiger partial charge in [0.25, 0.3) is 0 Å². The molecular formula is C11H22IN2O+. The Hall–Kier alpha value is 0.610. The quantitative estimate of drug-likeness (QED) is 0.436. The second-order valence-corrected chi connectivity index (χ2v) is 6.52. The van der Waals surface area contributed by atoms with Crippen molar-refractivity contribution in [3.63, 3.8) is 0 Å². The van der Waals surface area contributed by atoms with Crippen LogP contribution in [0.2, 0.25) is 0 Å². The fourth-order valence-electron chi connectivity index (χ4n) is 3.26. The van der Waals surface area contributed by atoms with Gasteiger partial charge in [0, 0.05) is 19.5 Å². The Morgan fingerprint density at radius 1 is 1.47 bits per heavy atom. The highest BCUT2D eigenvalue weighted by molar-refractivity contribution is 14.1. The molecule has 0 aromatic heterocycles. The van der Waals surface area contributed by atoms with Crippen LogP contribution < -0.4 is 0 Å². The summed E-state index contributed by atoms with van der Waals surface area (Å²) in [6.07, 6.45) is 0.986. The number of rotatable bonds is 1. The number of aliphatic hydroxyl groups is 1. The van der Waals surface area contributed by atoms with Crippen LogP contribution in [0.15, 0.2) is 0 Å². The molecule has 2 saturated heterocycles. The number of hydrogen-bond donors (Lipinski definition) is 1. The van der Waals surface area contributed by atoms with Crippen LogP contribution in [-0.4, -0.2) is 70.3 Å². The zero-order chi connectivity index (χ0) is 11.1. The van der Waals surface area contributed by atoms with Gasteiger partial charge < -0.3 is 9.59 Å². The van der Waals surface area contributed by atoms with Crippen LogP contribution in [0.5, 0.6) is 0 Å². The summed E-state index contributed by atoms with van der Waals surface area (Å²) in [7, 11) is 2.20. The number of piperazine rings is 1. The van der Waals surface area contributed by atoms with E-state index in [1.165, 1.54) is 35.1 Å². The lowest BCUT2D eigenvalue weighted by Gasteiger charge is -2.45. The van der Waals surface area contributed by atoms with Gasteiger partial charge in [-0.2, -0.15) is 0 Å². The average Bonchev–Trinajstić information content (AvgIpc) is 2.43. The third-order valence-electron chi connectivity index (χ3n) is 4.14. The molecule has 1 N–H and O–H groups in total. The van der Waals surface area contributed by atoms with Gasteiger partial charge in [0.15, 0.2) is 0 Å². The Morgan fingerprint density at radius 2 is 2.07 bits per heavy atom. The van der Waals surface area contributed by atoms with Gasteiger partial charge in [0.05, 0.1) is 17.5 Å². The van der Waals surface area contributed by atoms with E-state index in [9.17, 15) is 5.11 Å². The lowest BCUT2D eigenvalue weighted by atomic mass is 10.0. The molecule has 2 fully saturated rings. The van der Waals surface area contributed by atoms with Crippen molar-refractivity contribution in [3.05, 3.63) is 0 Å². The van der Waals surface area contributed by atoms with Gasteiger partial charge in [-0.1, -0.05) is 22.6 Å². The van der Waals surface area contributed by atoms with Gasteiger partial charge in [0.2, 0.25) is 0 Å². The van der Waals surface area contributed by atoms with E-state index in [0.717, 1.165) is 13.0 Å². The number of halogens is 1. The number of likely N-dealkylation sites (N-methyl/N-ethyl adjacent to an activating group) is 1. The Labute approximate surface area is 106 Å². The van der Waals surface area contributed by atoms with E-state index in [-0.39, 0.29) is 0 Å². The van der Waals surface area contributed by atoms with Gasteiger partial charge in [-0.05, 0) is 14.0 Å². The Morgan fingerprint density at radius 3 is 2.60 bits per heavy atom. The van der Waals surface area contributed by atoms with Crippen LogP contribution in [-0.2, 0) is 0 Å². The van der Waals surface area contributed by atoms with E-state index in [4.69, 9.17) is 0 Å². The summed E-state index contributed by atoms with van der Waals surface area (Å²) in [5, 5.41) is 10.2. The van der Waals surface area contributed by atoms with E-state index >= 15 is 0 Å². The van der Waals surface area contributed by atoms with Crippen LogP contribution in [0.1, 0.15) is 13.3 Å². The van der Waals surface area contributed by atoms with Crippen molar-refractivity contribution < 1.29 is 9.59 Å². The number of nitrogens with zero attached hydrogens (tertiary/aromatic N) is 2. The Balaban J connectivity index is 2.12. The van der Waals surface area contributed by atoms with E-state index in [2.05, 4.69) is 34.5 Å². The first-order chi connectivity index (χ1) is 6.97. The molecule has 0 radical (unpaired) electrons. The van der Waals surface area contributed by atoms with Gasteiger partial charge in [-0.25, -0.2) is 0 Å². The van der Waals surface area contributed by atoms with Crippen LogP contribution in [0.3, 0.4) is 0 Å². The first kappa shape index (κ1) is 12.1. The van der Waals surface area contributed by atoms with Crippen LogP contribution in [0, 0.1) is 0 Å². The molecule has 3 nitrogen and oxygen atoms in total. The first-order valence-corrected chi connectivity index (χ1v) is 7.33. The third kappa shape index (κ3) is 2.33. The maximum atomic E-state index is 10.2. The molecule has 0 aromatic rings. The minimum atomic E-state index is -0.425. The molecular weight excluding hydrogens is 303 g/mol. The van der Waals surface area contributed by atoms with Crippen LogP contribution in [0.25, 0.3) is 0 Å². The predicted molar refractivity (Wildman–Crippen MR) is 70.3 cm³/mol. The van der Waals surface area contributed by atoms with Crippen molar-refractivity contribution in [2.45, 2.75) is 25.0 Å². The molecule has 2 aliphatic heterocycles. The molecule has 15 heavy (non-hydrogen) atoms. The topological polar surface area (TPSA) is 23.5 Å². The summed E-state index contributed by atoms with van der Waals surface area (Å²) in [5.74, 6) is 0. The average molecular weight is 325 g/mol. The molecule has 0 amide bonds. The Bertz CT molecular complexity index is 237. The fraction of sp³-hybridized carbons (Fsp3) is 1.00. The number of quaternary nitrogens is 1. The smallest absolute Gasteiger partial charge is 0.116 e. The van der Waals surface area contributed by atoms with Gasteiger partial charge in [0.1, 0.15) is 18.2 Å².